The van der Waals surface area contributed by atoms with Crippen molar-refractivity contribution in [2.45, 2.75) is 58.5 Å². The van der Waals surface area contributed by atoms with Crippen molar-refractivity contribution in [1.82, 2.24) is 5.32 Å². The van der Waals surface area contributed by atoms with Crippen LogP contribution in [0.2, 0.25) is 0 Å². The predicted molar refractivity (Wildman–Crippen MR) is 66.6 cm³/mol. The summed E-state index contributed by atoms with van der Waals surface area (Å²) < 4.78 is 0. The molecule has 0 aromatic rings. The maximum absolute atomic E-state index is 8.71. The first-order valence-corrected chi connectivity index (χ1v) is 6.33. The smallest absolute Gasteiger partial charge is 0.156 e. The zero-order valence-corrected chi connectivity index (χ0v) is 10.6. The fourth-order valence-electron chi connectivity index (χ4n) is 2.56. The van der Waals surface area contributed by atoms with Crippen molar-refractivity contribution in [3.63, 3.8) is 0 Å². The van der Waals surface area contributed by atoms with Gasteiger partial charge < -0.3 is 16.3 Å². The summed E-state index contributed by atoms with van der Waals surface area (Å²) in [5.41, 5.74) is 5.66. The van der Waals surface area contributed by atoms with Crippen LogP contribution in [-0.2, 0) is 0 Å². The molecule has 0 amide bonds. The van der Waals surface area contributed by atoms with Crippen LogP contribution < -0.4 is 11.1 Å². The molecule has 4 atom stereocenters. The minimum Gasteiger partial charge on any atom is -0.409 e. The number of oxime groups is 1. The molecule has 94 valence electrons. The van der Waals surface area contributed by atoms with Gasteiger partial charge in [-0.2, -0.15) is 0 Å². The molecule has 0 spiro atoms. The van der Waals surface area contributed by atoms with Gasteiger partial charge >= 0.3 is 0 Å². The predicted octanol–water partition coefficient (Wildman–Crippen LogP) is 1.93. The Labute approximate surface area is 98.3 Å². The largest absolute Gasteiger partial charge is 0.409 e. The van der Waals surface area contributed by atoms with Crippen LogP contribution in [0.5, 0.6) is 0 Å². The lowest BCUT2D eigenvalue weighted by Crippen LogP contribution is -2.50. The van der Waals surface area contributed by atoms with Gasteiger partial charge in [0.1, 0.15) is 0 Å². The zero-order valence-electron chi connectivity index (χ0n) is 10.6. The highest BCUT2D eigenvalue weighted by Crippen LogP contribution is 2.29. The molecule has 1 fully saturated rings. The van der Waals surface area contributed by atoms with Crippen LogP contribution in [0.15, 0.2) is 5.16 Å². The fourth-order valence-corrected chi connectivity index (χ4v) is 2.56. The van der Waals surface area contributed by atoms with Gasteiger partial charge in [-0.15, -0.1) is 0 Å². The van der Waals surface area contributed by atoms with Gasteiger partial charge in [0.25, 0.3) is 0 Å². The molecular formula is C12H25N3O. The van der Waals surface area contributed by atoms with Gasteiger partial charge in [0.05, 0.1) is 6.04 Å². The van der Waals surface area contributed by atoms with Crippen molar-refractivity contribution in [1.29, 1.82) is 0 Å². The van der Waals surface area contributed by atoms with Crippen molar-refractivity contribution in [3.05, 3.63) is 0 Å². The van der Waals surface area contributed by atoms with E-state index in [0.29, 0.717) is 17.8 Å². The third-order valence-electron chi connectivity index (χ3n) is 4.00. The number of hydrogen-bond acceptors (Lipinski definition) is 3. The molecule has 16 heavy (non-hydrogen) atoms. The lowest BCUT2D eigenvalue weighted by atomic mass is 9.77. The molecule has 0 heterocycles. The van der Waals surface area contributed by atoms with Crippen LogP contribution >= 0.6 is 0 Å². The van der Waals surface area contributed by atoms with E-state index >= 15 is 0 Å². The molecule has 0 bridgehead atoms. The first-order valence-electron chi connectivity index (χ1n) is 6.33. The third-order valence-corrected chi connectivity index (χ3v) is 4.00. The molecule has 0 radical (unpaired) electrons. The topological polar surface area (TPSA) is 70.6 Å². The number of hydrogen-bond donors (Lipinski definition) is 3. The van der Waals surface area contributed by atoms with E-state index in [0.717, 1.165) is 12.3 Å². The van der Waals surface area contributed by atoms with Gasteiger partial charge in [0, 0.05) is 6.04 Å². The zero-order chi connectivity index (χ0) is 12.1. The Balaban J connectivity index is 2.57. The molecule has 4 N–H and O–H groups in total. The molecule has 1 rings (SSSR count). The average molecular weight is 227 g/mol. The van der Waals surface area contributed by atoms with E-state index in [-0.39, 0.29) is 6.04 Å². The highest BCUT2D eigenvalue weighted by molar-refractivity contribution is 5.85. The molecule has 0 saturated heterocycles. The molecule has 4 nitrogen and oxygen atoms in total. The summed E-state index contributed by atoms with van der Waals surface area (Å²) in [5.74, 6) is 1.72. The Hall–Kier alpha value is -0.770. The van der Waals surface area contributed by atoms with Crippen molar-refractivity contribution in [2.24, 2.45) is 22.7 Å². The van der Waals surface area contributed by atoms with Crippen LogP contribution in [0.3, 0.4) is 0 Å². The van der Waals surface area contributed by atoms with Gasteiger partial charge in [0.15, 0.2) is 5.84 Å². The van der Waals surface area contributed by atoms with Crippen LogP contribution in [0.4, 0.5) is 0 Å². The SMILES string of the molecule is CCC(NC1CCCC(C)C1C)C(N)=NO. The van der Waals surface area contributed by atoms with Crippen molar-refractivity contribution in [2.75, 3.05) is 0 Å². The minimum atomic E-state index is 0.00255. The quantitative estimate of drug-likeness (QED) is 0.297. The first kappa shape index (κ1) is 13.3. The number of amidine groups is 1. The molecule has 4 heteroatoms. The lowest BCUT2D eigenvalue weighted by Gasteiger charge is -2.36. The molecule has 1 aliphatic rings. The van der Waals surface area contributed by atoms with E-state index < -0.39 is 0 Å². The van der Waals surface area contributed by atoms with Crippen LogP contribution in [0.1, 0.15) is 46.5 Å². The highest BCUT2D eigenvalue weighted by Gasteiger charge is 2.29. The van der Waals surface area contributed by atoms with Gasteiger partial charge in [-0.3, -0.25) is 0 Å². The Morgan fingerprint density at radius 3 is 2.75 bits per heavy atom. The van der Waals surface area contributed by atoms with Gasteiger partial charge in [0.2, 0.25) is 0 Å². The first-order chi connectivity index (χ1) is 7.60. The Bertz CT molecular complexity index is 242. The van der Waals surface area contributed by atoms with E-state index in [9.17, 15) is 0 Å². The molecule has 4 unspecified atom stereocenters. The second-order valence-corrected chi connectivity index (χ2v) is 5.03. The summed E-state index contributed by atoms with van der Waals surface area (Å²) in [4.78, 5) is 0. The standard InChI is InChI=1S/C12H25N3O/c1-4-10(12(13)15-16)14-11-7-5-6-8(2)9(11)3/h8-11,14,16H,4-7H2,1-3H3,(H2,13,15). The number of nitrogens with two attached hydrogens (primary N) is 1. The van der Waals surface area contributed by atoms with Gasteiger partial charge in [-0.1, -0.05) is 38.8 Å². The Morgan fingerprint density at radius 1 is 1.50 bits per heavy atom. The van der Waals surface area contributed by atoms with Crippen LogP contribution in [0, 0.1) is 11.8 Å². The van der Waals surface area contributed by atoms with E-state index in [1.54, 1.807) is 0 Å². The highest BCUT2D eigenvalue weighted by atomic mass is 16.4. The summed E-state index contributed by atoms with van der Waals surface area (Å²) in [6.07, 6.45) is 4.64. The van der Waals surface area contributed by atoms with E-state index in [1.165, 1.54) is 19.3 Å². The second kappa shape index (κ2) is 6.09. The van der Waals surface area contributed by atoms with E-state index in [1.807, 2.05) is 6.92 Å². The summed E-state index contributed by atoms with van der Waals surface area (Å²) in [6.45, 7) is 6.65. The molecule has 0 aliphatic heterocycles. The van der Waals surface area contributed by atoms with Crippen LogP contribution in [-0.4, -0.2) is 23.1 Å². The summed E-state index contributed by atoms with van der Waals surface area (Å²) >= 11 is 0. The van der Waals surface area contributed by atoms with Crippen LogP contribution in [0.25, 0.3) is 0 Å². The molecule has 0 aromatic carbocycles. The molecule has 1 saturated carbocycles. The van der Waals surface area contributed by atoms with Gasteiger partial charge in [-0.25, -0.2) is 0 Å². The van der Waals surface area contributed by atoms with Crippen molar-refractivity contribution in [3.8, 4) is 0 Å². The summed E-state index contributed by atoms with van der Waals surface area (Å²) in [5, 5.41) is 15.3. The summed E-state index contributed by atoms with van der Waals surface area (Å²) in [6, 6.07) is 0.497. The Kier molecular flexibility index (Phi) is 5.06. The number of nitrogens with one attached hydrogen (secondary N) is 1. The number of nitrogens with zero attached hydrogens (tertiary/aromatic N) is 1. The molecular weight excluding hydrogens is 202 g/mol. The maximum Gasteiger partial charge on any atom is 0.156 e. The average Bonchev–Trinajstić information content (AvgIpc) is 2.30. The molecule has 1 aliphatic carbocycles. The monoisotopic (exact) mass is 227 g/mol. The van der Waals surface area contributed by atoms with E-state index in [4.69, 9.17) is 10.9 Å². The third kappa shape index (κ3) is 3.11. The maximum atomic E-state index is 8.71. The van der Waals surface area contributed by atoms with Gasteiger partial charge in [-0.05, 0) is 24.7 Å². The van der Waals surface area contributed by atoms with E-state index in [2.05, 4.69) is 24.3 Å². The second-order valence-electron chi connectivity index (χ2n) is 5.03. The lowest BCUT2D eigenvalue weighted by molar-refractivity contribution is 0.200. The molecule has 0 aromatic heterocycles. The number of rotatable bonds is 4. The Morgan fingerprint density at radius 2 is 2.19 bits per heavy atom. The van der Waals surface area contributed by atoms with Crippen molar-refractivity contribution < 1.29 is 5.21 Å². The summed E-state index contributed by atoms with van der Waals surface area (Å²) in [7, 11) is 0. The minimum absolute atomic E-state index is 0.00255. The van der Waals surface area contributed by atoms with Crippen molar-refractivity contribution >= 4 is 5.84 Å². The fraction of sp³-hybridized carbons (Fsp3) is 0.917. The normalized spacial score (nSPS) is 33.7.